The number of amides is 2. The summed E-state index contributed by atoms with van der Waals surface area (Å²) in [5.41, 5.74) is 0. The molecule has 1 heterocycles. The van der Waals surface area contributed by atoms with E-state index >= 15 is 0 Å². The van der Waals surface area contributed by atoms with Gasteiger partial charge in [-0.2, -0.15) is 0 Å². The Bertz CT molecular complexity index is 386. The van der Waals surface area contributed by atoms with E-state index in [1.165, 1.54) is 19.1 Å². The summed E-state index contributed by atoms with van der Waals surface area (Å²) < 4.78 is 4.49. The highest BCUT2D eigenvalue weighted by Gasteiger charge is 2.39. The predicted molar refractivity (Wildman–Crippen MR) is 68.0 cm³/mol. The summed E-state index contributed by atoms with van der Waals surface area (Å²) >= 11 is 0. The quantitative estimate of drug-likeness (QED) is 0.661. The van der Waals surface area contributed by atoms with Crippen molar-refractivity contribution < 1.29 is 29.3 Å². The third kappa shape index (κ3) is 4.09. The highest BCUT2D eigenvalue weighted by molar-refractivity contribution is 5.83. The van der Waals surface area contributed by atoms with Crippen LogP contribution in [0.1, 0.15) is 19.3 Å². The van der Waals surface area contributed by atoms with Gasteiger partial charge in [-0.15, -0.1) is 0 Å². The Morgan fingerprint density at radius 3 is 2.60 bits per heavy atom. The molecule has 1 unspecified atom stereocenters. The number of likely N-dealkylation sites (tertiary alicyclic amines) is 1. The van der Waals surface area contributed by atoms with Crippen molar-refractivity contribution in [2.24, 2.45) is 0 Å². The first-order valence-electron chi connectivity index (χ1n) is 6.36. The van der Waals surface area contributed by atoms with Crippen molar-refractivity contribution in [1.82, 2.24) is 9.80 Å². The van der Waals surface area contributed by atoms with E-state index in [-0.39, 0.29) is 25.4 Å². The normalized spacial score (nSPS) is 21.6. The van der Waals surface area contributed by atoms with Crippen LogP contribution in [0.3, 0.4) is 0 Å². The van der Waals surface area contributed by atoms with Crippen molar-refractivity contribution in [3.8, 4) is 0 Å². The Hall–Kier alpha value is -1.83. The van der Waals surface area contributed by atoms with E-state index in [4.69, 9.17) is 5.11 Å². The number of methoxy groups -OCH3 is 1. The molecule has 8 heteroatoms. The third-order valence-electron chi connectivity index (χ3n) is 3.24. The molecule has 0 radical (unpaired) electrons. The van der Waals surface area contributed by atoms with Crippen molar-refractivity contribution >= 4 is 18.0 Å². The Labute approximate surface area is 116 Å². The molecule has 2 amide bonds. The molecule has 1 saturated heterocycles. The monoisotopic (exact) mass is 288 g/mol. The lowest BCUT2D eigenvalue weighted by atomic mass is 10.2. The number of aliphatic carboxylic acids is 1. The van der Waals surface area contributed by atoms with Crippen LogP contribution in [0.25, 0.3) is 0 Å². The zero-order chi connectivity index (χ0) is 15.3. The Morgan fingerprint density at radius 1 is 1.40 bits per heavy atom. The first-order chi connectivity index (χ1) is 9.36. The van der Waals surface area contributed by atoms with Crippen LogP contribution >= 0.6 is 0 Å². The van der Waals surface area contributed by atoms with Gasteiger partial charge in [0.15, 0.2) is 0 Å². The lowest BCUT2D eigenvalue weighted by Crippen LogP contribution is -2.47. The fourth-order valence-corrected chi connectivity index (χ4v) is 2.14. The highest BCUT2D eigenvalue weighted by Crippen LogP contribution is 2.19. The number of urea groups is 1. The van der Waals surface area contributed by atoms with Gasteiger partial charge in [0.1, 0.15) is 6.04 Å². The topological polar surface area (TPSA) is 107 Å². The number of nitrogens with zero attached hydrogens (tertiary/aromatic N) is 2. The number of rotatable bonds is 5. The minimum Gasteiger partial charge on any atom is -0.480 e. The smallest absolute Gasteiger partial charge is 0.326 e. The molecule has 1 aliphatic rings. The van der Waals surface area contributed by atoms with Crippen LogP contribution in [0.15, 0.2) is 0 Å². The molecule has 8 nitrogen and oxygen atoms in total. The van der Waals surface area contributed by atoms with Crippen molar-refractivity contribution in [1.29, 1.82) is 0 Å². The number of carbonyl (C=O) groups excluding carboxylic acids is 2. The molecule has 2 N–H and O–H groups in total. The second-order valence-corrected chi connectivity index (χ2v) is 4.78. The standard InChI is InChI=1S/C12H20N2O6/c1-13(5-3-4-10(16)20-2)12(19)14-7-8(15)6-9(14)11(17)18/h8-9,15H,3-7H2,1-2H3,(H,17,18)/t8?,9-/m0/s1. The first kappa shape index (κ1) is 16.2. The summed E-state index contributed by atoms with van der Waals surface area (Å²) in [6, 6.07) is -1.46. The van der Waals surface area contributed by atoms with Gasteiger partial charge in [-0.3, -0.25) is 4.79 Å². The Balaban J connectivity index is 2.51. The summed E-state index contributed by atoms with van der Waals surface area (Å²) in [5, 5.41) is 18.5. The van der Waals surface area contributed by atoms with Crippen molar-refractivity contribution in [2.75, 3.05) is 27.2 Å². The molecule has 0 saturated carbocycles. The minimum atomic E-state index is -1.13. The minimum absolute atomic E-state index is 0.0111. The summed E-state index contributed by atoms with van der Waals surface area (Å²) in [6.07, 6.45) is -0.150. The van der Waals surface area contributed by atoms with Gasteiger partial charge in [0, 0.05) is 33.0 Å². The molecule has 114 valence electrons. The molecule has 0 spiro atoms. The molecule has 0 bridgehead atoms. The van der Waals surface area contributed by atoms with Gasteiger partial charge in [0.05, 0.1) is 13.2 Å². The summed E-state index contributed by atoms with van der Waals surface area (Å²) in [5.74, 6) is -1.48. The van der Waals surface area contributed by atoms with Crippen LogP contribution in [0.4, 0.5) is 4.79 Å². The average Bonchev–Trinajstić information content (AvgIpc) is 2.79. The molecule has 0 aliphatic carbocycles. The van der Waals surface area contributed by atoms with Gasteiger partial charge < -0.3 is 24.7 Å². The molecular weight excluding hydrogens is 268 g/mol. The number of hydrogen-bond acceptors (Lipinski definition) is 5. The van der Waals surface area contributed by atoms with Gasteiger partial charge in [-0.05, 0) is 6.42 Å². The number of carboxylic acids is 1. The number of aliphatic hydroxyl groups excluding tert-OH is 1. The molecule has 2 atom stereocenters. The van der Waals surface area contributed by atoms with Crippen LogP contribution in [0.5, 0.6) is 0 Å². The number of hydrogen-bond donors (Lipinski definition) is 2. The molecule has 0 aromatic rings. The van der Waals surface area contributed by atoms with Crippen molar-refractivity contribution in [3.63, 3.8) is 0 Å². The third-order valence-corrected chi connectivity index (χ3v) is 3.24. The van der Waals surface area contributed by atoms with Crippen LogP contribution in [-0.2, 0) is 14.3 Å². The number of carboxylic acid groups (broad SMARTS) is 1. The van der Waals surface area contributed by atoms with Gasteiger partial charge in [-0.1, -0.05) is 0 Å². The SMILES string of the molecule is COC(=O)CCCN(C)C(=O)N1CC(O)C[C@H]1C(=O)O. The van der Waals surface area contributed by atoms with E-state index < -0.39 is 24.1 Å². The van der Waals surface area contributed by atoms with E-state index in [1.54, 1.807) is 0 Å². The average molecular weight is 288 g/mol. The molecular formula is C12H20N2O6. The fourth-order valence-electron chi connectivity index (χ4n) is 2.14. The second kappa shape index (κ2) is 7.09. The van der Waals surface area contributed by atoms with Crippen LogP contribution < -0.4 is 0 Å². The summed E-state index contributed by atoms with van der Waals surface area (Å²) in [6.45, 7) is 0.323. The molecule has 1 fully saturated rings. The Morgan fingerprint density at radius 2 is 2.05 bits per heavy atom. The first-order valence-corrected chi connectivity index (χ1v) is 6.36. The maximum Gasteiger partial charge on any atom is 0.326 e. The van der Waals surface area contributed by atoms with E-state index in [9.17, 15) is 19.5 Å². The number of esters is 1. The van der Waals surface area contributed by atoms with Gasteiger partial charge in [0.2, 0.25) is 0 Å². The van der Waals surface area contributed by atoms with Gasteiger partial charge in [0.25, 0.3) is 0 Å². The number of carbonyl (C=O) groups is 3. The number of aliphatic hydroxyl groups is 1. The number of ether oxygens (including phenoxy) is 1. The fraction of sp³-hybridized carbons (Fsp3) is 0.750. The van der Waals surface area contributed by atoms with Crippen LogP contribution in [0.2, 0.25) is 0 Å². The number of β-amino-alcohol motifs (C(OH)–C–C–N with tert-alkyl or cyclic N) is 1. The highest BCUT2D eigenvalue weighted by atomic mass is 16.5. The summed E-state index contributed by atoms with van der Waals surface area (Å²) in [4.78, 5) is 36.6. The van der Waals surface area contributed by atoms with Crippen LogP contribution in [-0.4, -0.2) is 77.4 Å². The van der Waals surface area contributed by atoms with Crippen molar-refractivity contribution in [2.45, 2.75) is 31.4 Å². The predicted octanol–water partition coefficient (Wildman–Crippen LogP) is -0.489. The zero-order valence-electron chi connectivity index (χ0n) is 11.6. The van der Waals surface area contributed by atoms with E-state index in [0.717, 1.165) is 4.90 Å². The molecule has 0 aromatic carbocycles. The molecule has 20 heavy (non-hydrogen) atoms. The van der Waals surface area contributed by atoms with E-state index in [2.05, 4.69) is 4.74 Å². The van der Waals surface area contributed by atoms with Crippen molar-refractivity contribution in [3.05, 3.63) is 0 Å². The zero-order valence-corrected chi connectivity index (χ0v) is 11.6. The Kier molecular flexibility index (Phi) is 5.75. The molecule has 0 aromatic heterocycles. The maximum absolute atomic E-state index is 12.1. The van der Waals surface area contributed by atoms with E-state index in [0.29, 0.717) is 13.0 Å². The molecule has 1 aliphatic heterocycles. The maximum atomic E-state index is 12.1. The van der Waals surface area contributed by atoms with E-state index in [1.807, 2.05) is 0 Å². The van der Waals surface area contributed by atoms with Gasteiger partial charge >= 0.3 is 18.0 Å². The lowest BCUT2D eigenvalue weighted by molar-refractivity contribution is -0.141. The second-order valence-electron chi connectivity index (χ2n) is 4.78. The summed E-state index contributed by atoms with van der Waals surface area (Å²) in [7, 11) is 2.82. The lowest BCUT2D eigenvalue weighted by Gasteiger charge is -2.27. The molecule has 1 rings (SSSR count). The van der Waals surface area contributed by atoms with Gasteiger partial charge in [-0.25, -0.2) is 9.59 Å². The van der Waals surface area contributed by atoms with Crippen LogP contribution in [0, 0.1) is 0 Å². The largest absolute Gasteiger partial charge is 0.480 e.